The van der Waals surface area contributed by atoms with Crippen LogP contribution in [0.15, 0.2) is 18.2 Å². The second-order valence-electron chi connectivity index (χ2n) is 7.14. The highest BCUT2D eigenvalue weighted by atomic mass is 16.6. The third-order valence-corrected chi connectivity index (χ3v) is 5.13. The third-order valence-electron chi connectivity index (χ3n) is 5.13. The number of rotatable bonds is 5. The molecule has 0 aromatic heterocycles. The number of nitrogens with one attached hydrogen (secondary N) is 1. The zero-order valence-corrected chi connectivity index (χ0v) is 14.7. The van der Waals surface area contributed by atoms with Crippen LogP contribution in [-0.2, 0) is 0 Å². The molecule has 136 valence electrons. The van der Waals surface area contributed by atoms with Gasteiger partial charge in [0.1, 0.15) is 5.56 Å². The van der Waals surface area contributed by atoms with Crippen molar-refractivity contribution in [2.24, 2.45) is 5.92 Å². The normalized spacial score (nSPS) is 21.3. The van der Waals surface area contributed by atoms with Crippen molar-refractivity contribution in [2.45, 2.75) is 25.7 Å². The summed E-state index contributed by atoms with van der Waals surface area (Å²) >= 11 is 0. The molecular weight excluding hydrogens is 320 g/mol. The Labute approximate surface area is 148 Å². The number of nitro groups is 1. The zero-order valence-electron chi connectivity index (χ0n) is 14.7. The summed E-state index contributed by atoms with van der Waals surface area (Å²) in [6.07, 6.45) is 4.31. The minimum atomic E-state index is -0.469. The quantitative estimate of drug-likeness (QED) is 0.655. The van der Waals surface area contributed by atoms with Gasteiger partial charge in [0.2, 0.25) is 0 Å². The molecule has 2 saturated heterocycles. The first-order chi connectivity index (χ1) is 12.0. The van der Waals surface area contributed by atoms with Crippen LogP contribution in [0.5, 0.6) is 0 Å². The average molecular weight is 346 g/mol. The van der Waals surface area contributed by atoms with Crippen LogP contribution in [0.4, 0.5) is 11.4 Å². The lowest BCUT2D eigenvalue weighted by Crippen LogP contribution is -2.35. The van der Waals surface area contributed by atoms with Gasteiger partial charge in [-0.05, 0) is 57.3 Å². The molecule has 0 saturated carbocycles. The van der Waals surface area contributed by atoms with Crippen LogP contribution in [0.25, 0.3) is 0 Å². The predicted molar refractivity (Wildman–Crippen MR) is 96.9 cm³/mol. The minimum absolute atomic E-state index is 0.111. The maximum absolute atomic E-state index is 12.7. The fourth-order valence-corrected chi connectivity index (χ4v) is 3.77. The first-order valence-corrected chi connectivity index (χ1v) is 9.04. The first-order valence-electron chi connectivity index (χ1n) is 9.04. The van der Waals surface area contributed by atoms with Gasteiger partial charge in [-0.2, -0.15) is 0 Å². The highest BCUT2D eigenvalue weighted by molar-refractivity contribution is 5.99. The van der Waals surface area contributed by atoms with Crippen molar-refractivity contribution in [1.29, 1.82) is 0 Å². The molecule has 0 radical (unpaired) electrons. The molecule has 25 heavy (non-hydrogen) atoms. The van der Waals surface area contributed by atoms with Crippen molar-refractivity contribution < 1.29 is 9.72 Å². The van der Waals surface area contributed by atoms with Crippen molar-refractivity contribution >= 4 is 17.3 Å². The molecule has 1 unspecified atom stereocenters. The standard InChI is InChI=1S/C18H26N4O3/c1-20-8-4-5-14(13-20)12-19-15-6-7-17(22(24)25)16(11-15)18(23)21-9-2-3-10-21/h6-7,11,14,19H,2-5,8-10,12-13H2,1H3. The Morgan fingerprint density at radius 3 is 2.72 bits per heavy atom. The molecule has 7 nitrogen and oxygen atoms in total. The minimum Gasteiger partial charge on any atom is -0.385 e. The number of carbonyl (C=O) groups excluding carboxylic acids is 1. The van der Waals surface area contributed by atoms with Gasteiger partial charge < -0.3 is 15.1 Å². The summed E-state index contributed by atoms with van der Waals surface area (Å²) < 4.78 is 0. The van der Waals surface area contributed by atoms with E-state index in [0.29, 0.717) is 19.0 Å². The van der Waals surface area contributed by atoms with Crippen molar-refractivity contribution in [1.82, 2.24) is 9.80 Å². The Morgan fingerprint density at radius 2 is 2.04 bits per heavy atom. The van der Waals surface area contributed by atoms with E-state index in [1.54, 1.807) is 17.0 Å². The number of benzene rings is 1. The third kappa shape index (κ3) is 4.28. The summed E-state index contributed by atoms with van der Waals surface area (Å²) in [5.41, 5.74) is 0.860. The highest BCUT2D eigenvalue weighted by Crippen LogP contribution is 2.26. The van der Waals surface area contributed by atoms with E-state index >= 15 is 0 Å². The molecule has 0 aliphatic carbocycles. The van der Waals surface area contributed by atoms with Gasteiger partial charge in [0, 0.05) is 37.9 Å². The maximum atomic E-state index is 12.7. The van der Waals surface area contributed by atoms with Crippen molar-refractivity contribution in [3.05, 3.63) is 33.9 Å². The summed E-state index contributed by atoms with van der Waals surface area (Å²) in [6, 6.07) is 4.79. The van der Waals surface area contributed by atoms with Gasteiger partial charge in [0.05, 0.1) is 4.92 Å². The topological polar surface area (TPSA) is 78.7 Å². The first kappa shape index (κ1) is 17.7. The number of hydrogen-bond donors (Lipinski definition) is 1. The molecule has 0 bridgehead atoms. The van der Waals surface area contributed by atoms with E-state index in [-0.39, 0.29) is 17.2 Å². The lowest BCUT2D eigenvalue weighted by molar-refractivity contribution is -0.385. The summed E-state index contributed by atoms with van der Waals surface area (Å²) in [5.74, 6) is 0.330. The van der Waals surface area contributed by atoms with Gasteiger partial charge >= 0.3 is 0 Å². The van der Waals surface area contributed by atoms with Crippen LogP contribution in [0.1, 0.15) is 36.0 Å². The average Bonchev–Trinajstić information content (AvgIpc) is 3.13. The number of likely N-dealkylation sites (tertiary alicyclic amines) is 2. The summed E-state index contributed by atoms with van der Waals surface area (Å²) in [5, 5.41) is 14.7. The summed E-state index contributed by atoms with van der Waals surface area (Å²) in [4.78, 5) is 27.5. The van der Waals surface area contributed by atoms with E-state index in [4.69, 9.17) is 0 Å². The van der Waals surface area contributed by atoms with Gasteiger partial charge in [0.15, 0.2) is 0 Å². The van der Waals surface area contributed by atoms with E-state index in [9.17, 15) is 14.9 Å². The number of piperidine rings is 1. The molecule has 2 aliphatic heterocycles. The number of nitrogens with zero attached hydrogens (tertiary/aromatic N) is 3. The van der Waals surface area contributed by atoms with Crippen LogP contribution in [0.3, 0.4) is 0 Å². The van der Waals surface area contributed by atoms with E-state index in [0.717, 1.165) is 38.2 Å². The molecule has 7 heteroatoms. The SMILES string of the molecule is CN1CCCC(CNc2ccc([N+](=O)[O-])c(C(=O)N3CCCC3)c2)C1. The Kier molecular flexibility index (Phi) is 5.53. The molecular formula is C18H26N4O3. The Balaban J connectivity index is 1.73. The number of amides is 1. The van der Waals surface area contributed by atoms with Crippen LogP contribution in [0.2, 0.25) is 0 Å². The lowest BCUT2D eigenvalue weighted by atomic mass is 9.98. The van der Waals surface area contributed by atoms with E-state index < -0.39 is 4.92 Å². The molecule has 2 aliphatic rings. The molecule has 1 amide bonds. The Bertz CT molecular complexity index is 643. The molecule has 1 atom stereocenters. The molecule has 3 rings (SSSR count). The van der Waals surface area contributed by atoms with Crippen LogP contribution >= 0.6 is 0 Å². The second kappa shape index (κ2) is 7.82. The molecule has 2 fully saturated rings. The van der Waals surface area contributed by atoms with E-state index in [1.165, 1.54) is 18.9 Å². The fraction of sp³-hybridized carbons (Fsp3) is 0.611. The lowest BCUT2D eigenvalue weighted by Gasteiger charge is -2.30. The van der Waals surface area contributed by atoms with Crippen molar-refractivity contribution in [2.75, 3.05) is 45.1 Å². The van der Waals surface area contributed by atoms with Crippen LogP contribution in [0, 0.1) is 16.0 Å². The summed E-state index contributed by atoms with van der Waals surface area (Å²) in [7, 11) is 2.13. The number of nitro benzene ring substituents is 1. The van der Waals surface area contributed by atoms with E-state index in [1.807, 2.05) is 0 Å². The van der Waals surface area contributed by atoms with Crippen LogP contribution in [-0.4, -0.2) is 60.4 Å². The van der Waals surface area contributed by atoms with Gasteiger partial charge in [0.25, 0.3) is 11.6 Å². The monoisotopic (exact) mass is 346 g/mol. The number of hydrogen-bond acceptors (Lipinski definition) is 5. The zero-order chi connectivity index (χ0) is 17.8. The summed E-state index contributed by atoms with van der Waals surface area (Å²) in [6.45, 7) is 4.38. The van der Waals surface area contributed by atoms with Crippen molar-refractivity contribution in [3.8, 4) is 0 Å². The number of carbonyl (C=O) groups is 1. The molecule has 1 aromatic rings. The molecule has 2 heterocycles. The molecule has 1 N–H and O–H groups in total. The van der Waals surface area contributed by atoms with Gasteiger partial charge in [-0.1, -0.05) is 0 Å². The Morgan fingerprint density at radius 1 is 1.28 bits per heavy atom. The Hall–Kier alpha value is -2.15. The predicted octanol–water partition coefficient (Wildman–Crippen LogP) is 2.58. The van der Waals surface area contributed by atoms with Crippen LogP contribution < -0.4 is 5.32 Å². The number of anilines is 1. The fourth-order valence-electron chi connectivity index (χ4n) is 3.77. The maximum Gasteiger partial charge on any atom is 0.282 e. The molecule has 0 spiro atoms. The largest absolute Gasteiger partial charge is 0.385 e. The molecule has 1 aromatic carbocycles. The second-order valence-corrected chi connectivity index (χ2v) is 7.14. The van der Waals surface area contributed by atoms with E-state index in [2.05, 4.69) is 17.3 Å². The van der Waals surface area contributed by atoms with Gasteiger partial charge in [-0.3, -0.25) is 14.9 Å². The van der Waals surface area contributed by atoms with Gasteiger partial charge in [-0.15, -0.1) is 0 Å². The smallest absolute Gasteiger partial charge is 0.282 e. The van der Waals surface area contributed by atoms with Crippen molar-refractivity contribution in [3.63, 3.8) is 0 Å². The highest BCUT2D eigenvalue weighted by Gasteiger charge is 2.27. The van der Waals surface area contributed by atoms with Gasteiger partial charge in [-0.25, -0.2) is 0 Å².